The van der Waals surface area contributed by atoms with E-state index in [-0.39, 0.29) is 18.1 Å². The number of nitrogens with zero attached hydrogens (tertiary/aromatic N) is 1. The molecular weight excluding hydrogens is 266 g/mol. The van der Waals surface area contributed by atoms with Gasteiger partial charge in [-0.25, -0.2) is 9.78 Å². The second-order valence-electron chi connectivity index (χ2n) is 4.03. The van der Waals surface area contributed by atoms with Crippen LogP contribution in [-0.2, 0) is 4.79 Å². The molecule has 19 heavy (non-hydrogen) atoms. The van der Waals surface area contributed by atoms with Gasteiger partial charge in [-0.2, -0.15) is 0 Å². The second-order valence-corrected chi connectivity index (χ2v) is 4.92. The molecule has 5 nitrogen and oxygen atoms in total. The van der Waals surface area contributed by atoms with Gasteiger partial charge >= 0.3 is 5.97 Å². The molecule has 100 valence electrons. The number of carboxylic acid groups (broad SMARTS) is 1. The maximum atomic E-state index is 11.1. The maximum absolute atomic E-state index is 11.1. The lowest BCUT2D eigenvalue weighted by Gasteiger charge is -2.15. The van der Waals surface area contributed by atoms with Crippen molar-refractivity contribution < 1.29 is 19.4 Å². The number of aldehydes is 1. The van der Waals surface area contributed by atoms with Crippen molar-refractivity contribution >= 4 is 33.8 Å². The third-order valence-corrected chi connectivity index (χ3v) is 3.53. The average molecular weight is 279 g/mol. The Balaban J connectivity index is 2.42. The van der Waals surface area contributed by atoms with Gasteiger partial charge in [-0.15, -0.1) is 11.3 Å². The smallest absolute Gasteiger partial charge is 0.335 e. The number of carboxylic acids is 1. The van der Waals surface area contributed by atoms with E-state index in [2.05, 4.69) is 4.98 Å². The van der Waals surface area contributed by atoms with Crippen molar-refractivity contribution in [3.05, 3.63) is 23.2 Å². The van der Waals surface area contributed by atoms with Gasteiger partial charge in [-0.1, -0.05) is 6.92 Å². The first-order valence-corrected chi connectivity index (χ1v) is 6.74. The fraction of sp³-hybridized carbons (Fsp3) is 0.308. The highest BCUT2D eigenvalue weighted by Crippen LogP contribution is 2.30. The van der Waals surface area contributed by atoms with Crippen LogP contribution < -0.4 is 4.74 Å². The highest BCUT2D eigenvalue weighted by Gasteiger charge is 2.15. The summed E-state index contributed by atoms with van der Waals surface area (Å²) in [5.74, 6) is -0.589. The summed E-state index contributed by atoms with van der Waals surface area (Å²) in [6.07, 6.45) is 1.49. The van der Waals surface area contributed by atoms with Crippen LogP contribution in [0.5, 0.6) is 5.75 Å². The number of carbonyl (C=O) groups excluding carboxylic acids is 1. The van der Waals surface area contributed by atoms with Crippen LogP contribution in [-0.4, -0.2) is 28.4 Å². The lowest BCUT2D eigenvalue weighted by Crippen LogP contribution is -2.16. The van der Waals surface area contributed by atoms with Crippen molar-refractivity contribution in [2.75, 3.05) is 0 Å². The largest absolute Gasteiger partial charge is 0.488 e. The maximum Gasteiger partial charge on any atom is 0.335 e. The molecule has 6 heteroatoms. The molecule has 1 N–H and O–H groups in total. The molecular formula is C13H13NO4S. The third-order valence-electron chi connectivity index (χ3n) is 2.76. The Labute approximate surface area is 113 Å². The van der Waals surface area contributed by atoms with Crippen molar-refractivity contribution in [3.8, 4) is 5.75 Å². The molecule has 0 saturated carbocycles. The highest BCUT2D eigenvalue weighted by atomic mass is 32.1. The topological polar surface area (TPSA) is 76.5 Å². The number of ether oxygens (including phenoxy) is 1. The van der Waals surface area contributed by atoms with Gasteiger partial charge in [0, 0.05) is 6.42 Å². The second kappa shape index (κ2) is 5.79. The molecule has 0 fully saturated rings. The number of fused-ring (bicyclic) bond motifs is 1. The van der Waals surface area contributed by atoms with Gasteiger partial charge in [-0.05, 0) is 18.6 Å². The van der Waals surface area contributed by atoms with Crippen molar-refractivity contribution in [1.82, 2.24) is 4.98 Å². The van der Waals surface area contributed by atoms with Gasteiger partial charge < -0.3 is 14.6 Å². The molecule has 0 saturated heterocycles. The minimum Gasteiger partial charge on any atom is -0.488 e. The van der Waals surface area contributed by atoms with E-state index in [1.165, 1.54) is 17.4 Å². The van der Waals surface area contributed by atoms with Crippen LogP contribution in [0.2, 0.25) is 0 Å². The van der Waals surface area contributed by atoms with E-state index < -0.39 is 5.97 Å². The fourth-order valence-corrected chi connectivity index (χ4v) is 2.47. The number of aromatic nitrogens is 1. The summed E-state index contributed by atoms with van der Waals surface area (Å²) in [6.45, 7) is 1.91. The number of carbonyl (C=O) groups is 2. The average Bonchev–Trinajstić information content (AvgIpc) is 2.86. The predicted molar refractivity (Wildman–Crippen MR) is 72.0 cm³/mol. The van der Waals surface area contributed by atoms with E-state index in [1.54, 1.807) is 11.6 Å². The number of benzene rings is 1. The standard InChI is InChI=1S/C13H13NO4S/c1-2-9(3-4-15)18-10-5-8(13(16)17)6-11-12(10)14-7-19-11/h4-7,9H,2-3H2,1H3,(H,16,17)/t9-/m1/s1. The van der Waals surface area contributed by atoms with E-state index in [1.807, 2.05) is 6.92 Å². The van der Waals surface area contributed by atoms with Crippen LogP contribution in [0.4, 0.5) is 0 Å². The van der Waals surface area contributed by atoms with Crippen LogP contribution in [0.3, 0.4) is 0 Å². The summed E-state index contributed by atoms with van der Waals surface area (Å²) in [7, 11) is 0. The van der Waals surface area contributed by atoms with Gasteiger partial charge in [-0.3, -0.25) is 0 Å². The number of aromatic carboxylic acids is 1. The number of hydrogen-bond acceptors (Lipinski definition) is 5. The first-order chi connectivity index (χ1) is 9.15. The van der Waals surface area contributed by atoms with E-state index in [9.17, 15) is 9.59 Å². The molecule has 0 aliphatic heterocycles. The van der Waals surface area contributed by atoms with Gasteiger partial charge in [0.05, 0.1) is 15.8 Å². The van der Waals surface area contributed by atoms with Crippen molar-refractivity contribution in [2.24, 2.45) is 0 Å². The first kappa shape index (κ1) is 13.5. The van der Waals surface area contributed by atoms with E-state index >= 15 is 0 Å². The minimum absolute atomic E-state index is 0.160. The molecule has 0 amide bonds. The van der Waals surface area contributed by atoms with Crippen LogP contribution in [0, 0.1) is 0 Å². The molecule has 1 atom stereocenters. The zero-order chi connectivity index (χ0) is 13.8. The van der Waals surface area contributed by atoms with Crippen molar-refractivity contribution in [3.63, 3.8) is 0 Å². The Morgan fingerprint density at radius 3 is 3.00 bits per heavy atom. The van der Waals surface area contributed by atoms with Crippen LogP contribution >= 0.6 is 11.3 Å². The van der Waals surface area contributed by atoms with E-state index in [0.29, 0.717) is 17.7 Å². The number of hydrogen-bond donors (Lipinski definition) is 1. The lowest BCUT2D eigenvalue weighted by atomic mass is 10.2. The fourth-order valence-electron chi connectivity index (χ4n) is 1.73. The molecule has 2 aromatic rings. The van der Waals surface area contributed by atoms with Gasteiger partial charge in [0.15, 0.2) is 0 Å². The first-order valence-electron chi connectivity index (χ1n) is 5.86. The summed E-state index contributed by atoms with van der Waals surface area (Å²) in [4.78, 5) is 25.8. The molecule has 0 spiro atoms. The van der Waals surface area contributed by atoms with Crippen LogP contribution in [0.25, 0.3) is 10.2 Å². The molecule has 2 rings (SSSR count). The Morgan fingerprint density at radius 1 is 1.58 bits per heavy atom. The highest BCUT2D eigenvalue weighted by molar-refractivity contribution is 7.16. The Bertz CT molecular complexity index is 608. The molecule has 0 bridgehead atoms. The Hall–Kier alpha value is -1.95. The molecule has 0 aliphatic rings. The Kier molecular flexibility index (Phi) is 4.11. The SMILES string of the molecule is CC[C@H](CC=O)Oc1cc(C(=O)O)cc2scnc12. The lowest BCUT2D eigenvalue weighted by molar-refractivity contribution is -0.109. The van der Waals surface area contributed by atoms with E-state index in [4.69, 9.17) is 9.84 Å². The predicted octanol–water partition coefficient (Wildman–Crippen LogP) is 2.74. The van der Waals surface area contributed by atoms with Crippen molar-refractivity contribution in [1.29, 1.82) is 0 Å². The normalized spacial score (nSPS) is 12.3. The summed E-state index contributed by atoms with van der Waals surface area (Å²) < 4.78 is 6.48. The zero-order valence-corrected chi connectivity index (χ0v) is 11.1. The number of rotatable bonds is 6. The third kappa shape index (κ3) is 2.90. The molecule has 1 heterocycles. The zero-order valence-electron chi connectivity index (χ0n) is 10.3. The van der Waals surface area contributed by atoms with Gasteiger partial charge in [0.2, 0.25) is 0 Å². The quantitative estimate of drug-likeness (QED) is 0.823. The summed E-state index contributed by atoms with van der Waals surface area (Å²) in [5.41, 5.74) is 2.44. The van der Waals surface area contributed by atoms with Crippen LogP contribution in [0.15, 0.2) is 17.6 Å². The molecule has 0 unspecified atom stereocenters. The van der Waals surface area contributed by atoms with Gasteiger partial charge in [0.25, 0.3) is 0 Å². The Morgan fingerprint density at radius 2 is 2.37 bits per heavy atom. The van der Waals surface area contributed by atoms with E-state index in [0.717, 1.165) is 11.0 Å². The van der Waals surface area contributed by atoms with Crippen molar-refractivity contribution in [2.45, 2.75) is 25.9 Å². The summed E-state index contributed by atoms with van der Waals surface area (Å²) in [6, 6.07) is 3.03. The monoisotopic (exact) mass is 279 g/mol. The minimum atomic E-state index is -1.01. The number of thiazole rings is 1. The van der Waals surface area contributed by atoms with Crippen LogP contribution in [0.1, 0.15) is 30.1 Å². The molecule has 0 radical (unpaired) electrons. The molecule has 1 aromatic carbocycles. The molecule has 0 aliphatic carbocycles. The summed E-state index contributed by atoms with van der Waals surface area (Å²) >= 11 is 1.36. The summed E-state index contributed by atoms with van der Waals surface area (Å²) in [5, 5.41) is 9.07. The molecule has 1 aromatic heterocycles. The van der Waals surface area contributed by atoms with Gasteiger partial charge in [0.1, 0.15) is 23.7 Å².